The van der Waals surface area contributed by atoms with Gasteiger partial charge in [0.05, 0.1) is 24.5 Å². The largest absolute Gasteiger partial charge is 0.493 e. The van der Waals surface area contributed by atoms with E-state index >= 15 is 0 Å². The van der Waals surface area contributed by atoms with E-state index in [1.807, 2.05) is 36.9 Å². The quantitative estimate of drug-likeness (QED) is 0.773. The summed E-state index contributed by atoms with van der Waals surface area (Å²) in [5.41, 5.74) is 2.29. The van der Waals surface area contributed by atoms with Gasteiger partial charge in [0.25, 0.3) is 0 Å². The second-order valence-corrected chi connectivity index (χ2v) is 9.50. The molecular weight excluding hydrogens is 352 g/mol. The van der Waals surface area contributed by atoms with Gasteiger partial charge in [0.1, 0.15) is 5.75 Å². The molecule has 1 atom stereocenters. The summed E-state index contributed by atoms with van der Waals surface area (Å²) in [6.07, 6.45) is 1.09. The van der Waals surface area contributed by atoms with Crippen molar-refractivity contribution in [2.75, 3.05) is 44.3 Å². The first-order chi connectivity index (χ1) is 12.4. The average Bonchev–Trinajstić information content (AvgIpc) is 2.98. The van der Waals surface area contributed by atoms with E-state index in [9.17, 15) is 13.2 Å². The first-order valence-electron chi connectivity index (χ1n) is 9.27. The zero-order chi connectivity index (χ0) is 18.7. The molecule has 6 nitrogen and oxygen atoms in total. The first kappa shape index (κ1) is 19.2. The van der Waals surface area contributed by atoms with Gasteiger partial charge in [-0.05, 0) is 37.5 Å². The lowest BCUT2D eigenvalue weighted by Crippen LogP contribution is -2.52. The van der Waals surface area contributed by atoms with Gasteiger partial charge in [-0.2, -0.15) is 0 Å². The van der Waals surface area contributed by atoms with E-state index in [4.69, 9.17) is 4.74 Å². The van der Waals surface area contributed by atoms with Gasteiger partial charge in [0.2, 0.25) is 5.91 Å². The van der Waals surface area contributed by atoms with Gasteiger partial charge in [-0.15, -0.1) is 0 Å². The monoisotopic (exact) mass is 380 g/mol. The zero-order valence-corrected chi connectivity index (χ0v) is 16.4. The Hall–Kier alpha value is -1.60. The van der Waals surface area contributed by atoms with Gasteiger partial charge in [0.15, 0.2) is 9.84 Å². The summed E-state index contributed by atoms with van der Waals surface area (Å²) < 4.78 is 29.0. The minimum atomic E-state index is -2.86. The Morgan fingerprint density at radius 1 is 1.19 bits per heavy atom. The Bertz CT molecular complexity index is 755. The highest BCUT2D eigenvalue weighted by Crippen LogP contribution is 2.21. The summed E-state index contributed by atoms with van der Waals surface area (Å²) in [6, 6.07) is 6.07. The molecule has 1 unspecified atom stereocenters. The van der Waals surface area contributed by atoms with Crippen molar-refractivity contribution >= 4 is 15.7 Å². The molecule has 1 aromatic rings. The summed E-state index contributed by atoms with van der Waals surface area (Å²) in [7, 11) is -2.86. The van der Waals surface area contributed by atoms with Crippen molar-refractivity contribution in [1.82, 2.24) is 9.80 Å². The number of hydrogen-bond donors (Lipinski definition) is 0. The van der Waals surface area contributed by atoms with Crippen molar-refractivity contribution in [3.8, 4) is 5.75 Å². The fourth-order valence-corrected chi connectivity index (χ4v) is 5.45. The fraction of sp³-hybridized carbons (Fsp3) is 0.632. The normalized spacial score (nSPS) is 23.2. The molecule has 1 aromatic carbocycles. The molecular formula is C19H28N2O4S. The Morgan fingerprint density at radius 2 is 1.92 bits per heavy atom. The van der Waals surface area contributed by atoms with E-state index in [0.717, 1.165) is 30.8 Å². The van der Waals surface area contributed by atoms with Crippen molar-refractivity contribution in [1.29, 1.82) is 0 Å². The average molecular weight is 381 g/mol. The number of ether oxygens (including phenoxy) is 1. The lowest BCUT2D eigenvalue weighted by atomic mass is 10.1. The molecule has 1 amide bonds. The zero-order valence-electron chi connectivity index (χ0n) is 15.6. The topological polar surface area (TPSA) is 66.9 Å². The van der Waals surface area contributed by atoms with Crippen LogP contribution in [0.2, 0.25) is 0 Å². The third-order valence-corrected chi connectivity index (χ3v) is 7.27. The number of amides is 1. The van der Waals surface area contributed by atoms with Crippen LogP contribution < -0.4 is 4.74 Å². The third-order valence-electron chi connectivity index (χ3n) is 5.52. The van der Waals surface area contributed by atoms with Crippen LogP contribution in [0.1, 0.15) is 24.0 Å². The highest BCUT2D eigenvalue weighted by molar-refractivity contribution is 7.91. The van der Waals surface area contributed by atoms with E-state index < -0.39 is 9.84 Å². The molecule has 2 aliphatic rings. The molecule has 2 fully saturated rings. The maximum absolute atomic E-state index is 12.4. The molecule has 0 aromatic heterocycles. The minimum absolute atomic E-state index is 0.106. The van der Waals surface area contributed by atoms with Crippen molar-refractivity contribution in [2.24, 2.45) is 0 Å². The Balaban J connectivity index is 1.42. The molecule has 0 radical (unpaired) electrons. The van der Waals surface area contributed by atoms with Gasteiger partial charge in [0, 0.05) is 32.2 Å². The summed E-state index contributed by atoms with van der Waals surface area (Å²) in [5, 5.41) is 0. The lowest BCUT2D eigenvalue weighted by molar-refractivity contribution is -0.133. The molecule has 2 heterocycles. The predicted molar refractivity (Wildman–Crippen MR) is 101 cm³/mol. The van der Waals surface area contributed by atoms with E-state index in [0.29, 0.717) is 31.9 Å². The van der Waals surface area contributed by atoms with Crippen LogP contribution >= 0.6 is 0 Å². The minimum Gasteiger partial charge on any atom is -0.493 e. The molecule has 0 N–H and O–H groups in total. The summed E-state index contributed by atoms with van der Waals surface area (Å²) in [5.74, 6) is 1.51. The summed E-state index contributed by atoms with van der Waals surface area (Å²) >= 11 is 0. The van der Waals surface area contributed by atoms with Crippen molar-refractivity contribution in [3.05, 3.63) is 29.3 Å². The molecule has 0 spiro atoms. The van der Waals surface area contributed by atoms with Crippen LogP contribution in [0, 0.1) is 13.8 Å². The number of piperazine rings is 1. The van der Waals surface area contributed by atoms with E-state index in [-0.39, 0.29) is 17.7 Å². The van der Waals surface area contributed by atoms with Crippen LogP contribution in [0.25, 0.3) is 0 Å². The number of benzene rings is 1. The van der Waals surface area contributed by atoms with Crippen molar-refractivity contribution in [2.45, 2.75) is 32.7 Å². The molecule has 2 aliphatic heterocycles. The SMILES string of the molecule is Cc1cccc(OCCC(=O)N2CCN(C3CCS(=O)(=O)C3)CC2)c1C. The molecule has 7 heteroatoms. The molecule has 144 valence electrons. The van der Waals surface area contributed by atoms with Gasteiger partial charge in [-0.25, -0.2) is 8.42 Å². The Kier molecular flexibility index (Phi) is 5.87. The summed E-state index contributed by atoms with van der Waals surface area (Å²) in [4.78, 5) is 16.5. The maximum Gasteiger partial charge on any atom is 0.226 e. The number of carbonyl (C=O) groups excluding carboxylic acids is 1. The molecule has 3 rings (SSSR count). The standard InChI is InChI=1S/C19H28N2O4S/c1-15-4-3-5-18(16(15)2)25-12-6-19(22)21-10-8-20(9-11-21)17-7-13-26(23,24)14-17/h3-5,17H,6-14H2,1-2H3. The third kappa shape index (κ3) is 4.57. The van der Waals surface area contributed by atoms with Crippen LogP contribution in [0.4, 0.5) is 0 Å². The van der Waals surface area contributed by atoms with Crippen LogP contribution in [0.15, 0.2) is 18.2 Å². The highest BCUT2D eigenvalue weighted by Gasteiger charge is 2.34. The highest BCUT2D eigenvalue weighted by atomic mass is 32.2. The van der Waals surface area contributed by atoms with Crippen LogP contribution in [0.5, 0.6) is 5.75 Å². The fourth-order valence-electron chi connectivity index (χ4n) is 3.69. The summed E-state index contributed by atoms with van der Waals surface area (Å²) in [6.45, 7) is 7.28. The van der Waals surface area contributed by atoms with E-state index in [1.165, 1.54) is 5.56 Å². The second kappa shape index (κ2) is 7.96. The number of aryl methyl sites for hydroxylation is 1. The van der Waals surface area contributed by atoms with Gasteiger partial charge >= 0.3 is 0 Å². The van der Waals surface area contributed by atoms with Crippen molar-refractivity contribution < 1.29 is 17.9 Å². The van der Waals surface area contributed by atoms with Gasteiger partial charge in [-0.3, -0.25) is 9.69 Å². The second-order valence-electron chi connectivity index (χ2n) is 7.27. The van der Waals surface area contributed by atoms with Crippen molar-refractivity contribution in [3.63, 3.8) is 0 Å². The lowest BCUT2D eigenvalue weighted by Gasteiger charge is -2.37. The van der Waals surface area contributed by atoms with Crippen LogP contribution in [-0.4, -0.2) is 74.5 Å². The molecule has 26 heavy (non-hydrogen) atoms. The molecule has 0 saturated carbocycles. The number of sulfone groups is 1. The molecule has 0 aliphatic carbocycles. The van der Waals surface area contributed by atoms with Gasteiger partial charge < -0.3 is 9.64 Å². The number of hydrogen-bond acceptors (Lipinski definition) is 5. The smallest absolute Gasteiger partial charge is 0.226 e. The number of carbonyl (C=O) groups is 1. The number of rotatable bonds is 5. The Labute approximate surface area is 156 Å². The first-order valence-corrected chi connectivity index (χ1v) is 11.1. The van der Waals surface area contributed by atoms with E-state index in [1.54, 1.807) is 0 Å². The molecule has 2 saturated heterocycles. The van der Waals surface area contributed by atoms with Crippen LogP contribution in [0.3, 0.4) is 0 Å². The van der Waals surface area contributed by atoms with Crippen LogP contribution in [-0.2, 0) is 14.6 Å². The number of nitrogens with zero attached hydrogens (tertiary/aromatic N) is 2. The predicted octanol–water partition coefficient (Wildman–Crippen LogP) is 1.40. The molecule has 0 bridgehead atoms. The maximum atomic E-state index is 12.4. The Morgan fingerprint density at radius 3 is 2.58 bits per heavy atom. The van der Waals surface area contributed by atoms with Gasteiger partial charge in [-0.1, -0.05) is 12.1 Å². The van der Waals surface area contributed by atoms with E-state index in [2.05, 4.69) is 4.90 Å².